The van der Waals surface area contributed by atoms with Crippen molar-refractivity contribution >= 4 is 17.1 Å². The minimum Gasteiger partial charge on any atom is -0.378 e. The molecule has 1 saturated heterocycles. The normalized spacial score (nSPS) is 15.5. The average molecular weight is 423 g/mol. The van der Waals surface area contributed by atoms with Crippen LogP contribution in [-0.4, -0.2) is 51.7 Å². The van der Waals surface area contributed by atoms with Gasteiger partial charge in [0.15, 0.2) is 0 Å². The van der Waals surface area contributed by atoms with Crippen LogP contribution in [0.2, 0.25) is 0 Å². The Balaban J connectivity index is 1.43. The van der Waals surface area contributed by atoms with E-state index < -0.39 is 10.9 Å². The van der Waals surface area contributed by atoms with E-state index >= 15 is 0 Å². The van der Waals surface area contributed by atoms with Crippen LogP contribution in [0.5, 0.6) is 0 Å². The first-order valence-electron chi connectivity index (χ1n) is 10.5. The summed E-state index contributed by atoms with van der Waals surface area (Å²) < 4.78 is 13.2. The SMILES string of the molecule is CN(C)C(CNc1c(N2CCN(c3ccc(F)cc3)CC2)c(=O)c1=O)c1ccccc1. The number of likely N-dealkylation sites (N-methyl/N-ethyl adjacent to an activating group) is 1. The second-order valence-electron chi connectivity index (χ2n) is 8.10. The van der Waals surface area contributed by atoms with Gasteiger partial charge in [0.05, 0.1) is 6.04 Å². The van der Waals surface area contributed by atoms with Gasteiger partial charge in [-0.1, -0.05) is 30.3 Å². The van der Waals surface area contributed by atoms with Crippen molar-refractivity contribution in [1.29, 1.82) is 0 Å². The van der Waals surface area contributed by atoms with E-state index in [4.69, 9.17) is 0 Å². The van der Waals surface area contributed by atoms with E-state index in [2.05, 4.69) is 27.2 Å². The van der Waals surface area contributed by atoms with E-state index in [0.717, 1.165) is 11.3 Å². The lowest BCUT2D eigenvalue weighted by Crippen LogP contribution is -2.51. The van der Waals surface area contributed by atoms with Crippen LogP contribution >= 0.6 is 0 Å². The fraction of sp³-hybridized carbons (Fsp3) is 0.333. The van der Waals surface area contributed by atoms with Gasteiger partial charge in [0.1, 0.15) is 17.2 Å². The largest absolute Gasteiger partial charge is 0.378 e. The Hall–Kier alpha value is -3.19. The zero-order valence-electron chi connectivity index (χ0n) is 17.8. The van der Waals surface area contributed by atoms with E-state index in [-0.39, 0.29) is 11.9 Å². The molecule has 3 aromatic rings. The first kappa shape index (κ1) is 21.1. The second-order valence-corrected chi connectivity index (χ2v) is 8.10. The van der Waals surface area contributed by atoms with E-state index in [0.29, 0.717) is 44.1 Å². The molecule has 1 aliphatic heterocycles. The zero-order valence-corrected chi connectivity index (χ0v) is 17.8. The van der Waals surface area contributed by atoms with Gasteiger partial charge >= 0.3 is 0 Å². The minimum atomic E-state index is -0.443. The Morgan fingerprint density at radius 1 is 0.903 bits per heavy atom. The van der Waals surface area contributed by atoms with Crippen molar-refractivity contribution in [3.05, 3.63) is 86.4 Å². The van der Waals surface area contributed by atoms with Gasteiger partial charge in [-0.15, -0.1) is 0 Å². The molecule has 6 nitrogen and oxygen atoms in total. The van der Waals surface area contributed by atoms with Crippen LogP contribution in [0.25, 0.3) is 0 Å². The van der Waals surface area contributed by atoms with Crippen LogP contribution in [-0.2, 0) is 0 Å². The minimum absolute atomic E-state index is 0.0776. The van der Waals surface area contributed by atoms with Crippen molar-refractivity contribution in [3.8, 4) is 0 Å². The molecule has 1 atom stereocenters. The van der Waals surface area contributed by atoms with Crippen molar-refractivity contribution in [1.82, 2.24) is 4.90 Å². The highest BCUT2D eigenvalue weighted by Crippen LogP contribution is 2.25. The maximum absolute atomic E-state index is 13.2. The lowest BCUT2D eigenvalue weighted by Gasteiger charge is -2.38. The zero-order chi connectivity index (χ0) is 22.0. The standard InChI is InChI=1S/C24H27FN4O2/c1-27(2)20(17-6-4-3-5-7-17)16-26-21-22(24(31)23(21)30)29-14-12-28(13-15-29)19-10-8-18(25)9-11-19/h3-11,20,26H,12-16H2,1-2H3. The molecule has 1 heterocycles. The molecule has 0 amide bonds. The van der Waals surface area contributed by atoms with Gasteiger partial charge in [-0.05, 0) is 43.9 Å². The monoisotopic (exact) mass is 422 g/mol. The number of benzene rings is 2. The molecule has 1 aliphatic rings. The summed E-state index contributed by atoms with van der Waals surface area (Å²) in [5.41, 5.74) is 2.16. The second kappa shape index (κ2) is 8.89. The Morgan fingerprint density at radius 2 is 1.52 bits per heavy atom. The molecule has 3 aromatic carbocycles. The quantitative estimate of drug-likeness (QED) is 0.591. The Morgan fingerprint density at radius 3 is 2.13 bits per heavy atom. The number of piperazine rings is 1. The molecule has 0 saturated carbocycles. The summed E-state index contributed by atoms with van der Waals surface area (Å²) in [6.07, 6.45) is 0. The first-order valence-corrected chi connectivity index (χ1v) is 10.5. The van der Waals surface area contributed by atoms with E-state index in [1.54, 1.807) is 12.1 Å². The van der Waals surface area contributed by atoms with E-state index in [1.807, 2.05) is 37.2 Å². The number of nitrogens with zero attached hydrogens (tertiary/aromatic N) is 3. The maximum atomic E-state index is 13.2. The first-order chi connectivity index (χ1) is 15.0. The molecule has 0 aliphatic carbocycles. The molecule has 31 heavy (non-hydrogen) atoms. The lowest BCUT2D eigenvalue weighted by molar-refractivity contribution is 0.312. The molecule has 1 unspecified atom stereocenters. The highest BCUT2D eigenvalue weighted by Gasteiger charge is 2.29. The molecular formula is C24H27FN4O2. The average Bonchev–Trinajstić information content (AvgIpc) is 2.79. The van der Waals surface area contributed by atoms with Crippen molar-refractivity contribution in [2.45, 2.75) is 6.04 Å². The molecule has 0 radical (unpaired) electrons. The molecule has 7 heteroatoms. The van der Waals surface area contributed by atoms with Crippen LogP contribution in [0.1, 0.15) is 11.6 Å². The van der Waals surface area contributed by atoms with Crippen LogP contribution in [0, 0.1) is 5.82 Å². The number of anilines is 3. The summed E-state index contributed by atoms with van der Waals surface area (Å²) in [4.78, 5) is 30.9. The van der Waals surface area contributed by atoms with Crippen LogP contribution in [0.15, 0.2) is 64.2 Å². The highest BCUT2D eigenvalue weighted by molar-refractivity contribution is 5.75. The molecule has 0 aromatic heterocycles. The summed E-state index contributed by atoms with van der Waals surface area (Å²) in [7, 11) is 3.99. The van der Waals surface area contributed by atoms with Gasteiger partial charge < -0.3 is 20.0 Å². The fourth-order valence-corrected chi connectivity index (χ4v) is 4.16. The van der Waals surface area contributed by atoms with Gasteiger partial charge in [-0.25, -0.2) is 4.39 Å². The smallest absolute Gasteiger partial charge is 0.253 e. The predicted molar refractivity (Wildman–Crippen MR) is 124 cm³/mol. The third kappa shape index (κ3) is 4.32. The third-order valence-electron chi connectivity index (χ3n) is 5.95. The van der Waals surface area contributed by atoms with Crippen LogP contribution in [0.4, 0.5) is 21.5 Å². The molecule has 1 N–H and O–H groups in total. The molecule has 1 fully saturated rings. The van der Waals surface area contributed by atoms with Crippen LogP contribution in [0.3, 0.4) is 0 Å². The summed E-state index contributed by atoms with van der Waals surface area (Å²) in [6, 6.07) is 16.6. The number of rotatable bonds is 7. The van der Waals surface area contributed by atoms with E-state index in [1.165, 1.54) is 12.1 Å². The summed E-state index contributed by atoms with van der Waals surface area (Å²) >= 11 is 0. The van der Waals surface area contributed by atoms with Crippen molar-refractivity contribution < 1.29 is 4.39 Å². The molecule has 0 spiro atoms. The van der Waals surface area contributed by atoms with Gasteiger partial charge in [-0.2, -0.15) is 0 Å². The number of hydrogen-bond acceptors (Lipinski definition) is 6. The highest BCUT2D eigenvalue weighted by atomic mass is 19.1. The predicted octanol–water partition coefficient (Wildman–Crippen LogP) is 2.46. The van der Waals surface area contributed by atoms with Gasteiger partial charge in [-0.3, -0.25) is 9.59 Å². The Kier molecular flexibility index (Phi) is 6.04. The van der Waals surface area contributed by atoms with Crippen molar-refractivity contribution in [3.63, 3.8) is 0 Å². The lowest BCUT2D eigenvalue weighted by atomic mass is 10.1. The topological polar surface area (TPSA) is 55.9 Å². The molecular weight excluding hydrogens is 395 g/mol. The van der Waals surface area contributed by atoms with Gasteiger partial charge in [0.2, 0.25) is 0 Å². The summed E-state index contributed by atoms with van der Waals surface area (Å²) in [5, 5.41) is 3.25. The number of halogens is 1. The van der Waals surface area contributed by atoms with Gasteiger partial charge in [0, 0.05) is 38.4 Å². The molecule has 0 bridgehead atoms. The molecule has 4 rings (SSSR count). The van der Waals surface area contributed by atoms with E-state index in [9.17, 15) is 14.0 Å². The Bertz CT molecular complexity index is 1080. The third-order valence-corrected chi connectivity index (χ3v) is 5.95. The fourth-order valence-electron chi connectivity index (χ4n) is 4.16. The van der Waals surface area contributed by atoms with Crippen LogP contribution < -0.4 is 26.0 Å². The summed E-state index contributed by atoms with van der Waals surface area (Å²) in [6.45, 7) is 3.20. The Labute approximate surface area is 181 Å². The van der Waals surface area contributed by atoms with Crippen molar-refractivity contribution in [2.24, 2.45) is 0 Å². The number of hydrogen-bond donors (Lipinski definition) is 1. The van der Waals surface area contributed by atoms with Crippen molar-refractivity contribution in [2.75, 3.05) is 61.9 Å². The number of nitrogens with one attached hydrogen (secondary N) is 1. The van der Waals surface area contributed by atoms with Gasteiger partial charge in [0.25, 0.3) is 10.9 Å². The molecule has 162 valence electrons. The summed E-state index contributed by atoms with van der Waals surface area (Å²) in [5.74, 6) is -0.256. The maximum Gasteiger partial charge on any atom is 0.253 e.